The Balaban J connectivity index is 1.66. The maximum atomic E-state index is 14.0. The lowest BCUT2D eigenvalue weighted by molar-refractivity contribution is -0.179. The Morgan fingerprint density at radius 3 is 2.08 bits per heavy atom. The van der Waals surface area contributed by atoms with Gasteiger partial charge in [0.15, 0.2) is 12.2 Å². The van der Waals surface area contributed by atoms with Crippen LogP contribution in [0.3, 0.4) is 0 Å². The molecule has 3 aromatic carbocycles. The van der Waals surface area contributed by atoms with Crippen LogP contribution in [0.25, 0.3) is 10.8 Å². The lowest BCUT2D eigenvalue weighted by Crippen LogP contribution is -2.51. The summed E-state index contributed by atoms with van der Waals surface area (Å²) in [5.74, 6) is -2.41. The van der Waals surface area contributed by atoms with Crippen molar-refractivity contribution in [1.29, 1.82) is 0 Å². The number of unbranched alkanes of at least 4 members (excludes halogenated alkanes) is 4. The van der Waals surface area contributed by atoms with E-state index >= 15 is 0 Å². The second kappa shape index (κ2) is 19.7. The van der Waals surface area contributed by atoms with Crippen molar-refractivity contribution in [3.8, 4) is 0 Å². The Bertz CT molecular complexity index is 1720. The fraction of sp³-hybridized carbons (Fsp3) is 0.525. The summed E-state index contributed by atoms with van der Waals surface area (Å²) in [6.07, 6.45) is 3.41. The van der Waals surface area contributed by atoms with E-state index in [1.807, 2.05) is 16.9 Å². The topological polar surface area (TPSA) is 139 Å². The number of rotatable bonds is 20. The number of benzene rings is 3. The van der Waals surface area contributed by atoms with Crippen LogP contribution in [0.5, 0.6) is 0 Å². The first-order valence-corrected chi connectivity index (χ1v) is 19.8. The largest absolute Gasteiger partial charge is 0.458 e. The lowest BCUT2D eigenvalue weighted by atomic mass is 10.0. The quantitative estimate of drug-likeness (QED) is 0.108. The number of esters is 1. The number of hydrogen-bond donors (Lipinski definition) is 2. The Kier molecular flexibility index (Phi) is 16.1. The third-order valence-electron chi connectivity index (χ3n) is 8.58. The molecule has 0 spiro atoms. The molecule has 3 rings (SSSR count). The molecule has 0 aliphatic heterocycles. The summed E-state index contributed by atoms with van der Waals surface area (Å²) >= 11 is 0. The van der Waals surface area contributed by atoms with Crippen molar-refractivity contribution in [2.24, 2.45) is 0 Å². The van der Waals surface area contributed by atoms with Gasteiger partial charge >= 0.3 is 5.97 Å². The molecule has 2 atom stereocenters. The van der Waals surface area contributed by atoms with E-state index in [0.717, 1.165) is 44.8 Å². The Morgan fingerprint density at radius 1 is 0.804 bits per heavy atom. The van der Waals surface area contributed by atoms with Crippen LogP contribution in [0, 0.1) is 13.8 Å². The zero-order valence-corrected chi connectivity index (χ0v) is 31.9. The molecule has 0 aliphatic rings. The maximum Gasteiger partial charge on any atom is 0.338 e. The minimum absolute atomic E-state index is 0.122. The highest BCUT2D eigenvalue weighted by Gasteiger charge is 2.38. The highest BCUT2D eigenvalue weighted by molar-refractivity contribution is 7.89. The highest BCUT2D eigenvalue weighted by atomic mass is 32.2. The molecule has 0 saturated heterocycles. The van der Waals surface area contributed by atoms with Gasteiger partial charge in [0.25, 0.3) is 5.91 Å². The molecule has 0 unspecified atom stereocenters. The smallest absolute Gasteiger partial charge is 0.338 e. The summed E-state index contributed by atoms with van der Waals surface area (Å²) in [5, 5.41) is 13.5. The van der Waals surface area contributed by atoms with E-state index in [0.29, 0.717) is 12.8 Å². The van der Waals surface area contributed by atoms with Gasteiger partial charge in [-0.25, -0.2) is 13.2 Å². The van der Waals surface area contributed by atoms with Crippen LogP contribution >= 0.6 is 0 Å². The summed E-state index contributed by atoms with van der Waals surface area (Å²) < 4.78 is 36.5. The second-order valence-electron chi connectivity index (χ2n) is 14.4. The molecule has 11 heteroatoms. The number of carbonyl (C=O) groups excluding carboxylic acids is 3. The average molecular weight is 725 g/mol. The van der Waals surface area contributed by atoms with Crippen molar-refractivity contribution in [2.75, 3.05) is 26.0 Å². The van der Waals surface area contributed by atoms with Crippen molar-refractivity contribution < 1.29 is 37.4 Å². The van der Waals surface area contributed by atoms with E-state index in [1.54, 1.807) is 20.8 Å². The number of amides is 2. The molecule has 0 radical (unpaired) electrons. The second-order valence-corrected chi connectivity index (χ2v) is 16.1. The van der Waals surface area contributed by atoms with Crippen LogP contribution < -0.4 is 4.72 Å². The van der Waals surface area contributed by atoms with Gasteiger partial charge in [-0.2, -0.15) is 0 Å². The van der Waals surface area contributed by atoms with Crippen molar-refractivity contribution in [3.05, 3.63) is 82.9 Å². The van der Waals surface area contributed by atoms with E-state index in [4.69, 9.17) is 9.47 Å². The number of aliphatic hydroxyl groups excluding tert-OH is 1. The highest BCUT2D eigenvalue weighted by Crippen LogP contribution is 2.19. The van der Waals surface area contributed by atoms with Crippen LogP contribution in [0.2, 0.25) is 0 Å². The molecule has 0 heterocycles. The van der Waals surface area contributed by atoms with Crippen LogP contribution in [0.15, 0.2) is 60.7 Å². The van der Waals surface area contributed by atoms with Crippen LogP contribution in [0.1, 0.15) is 88.0 Å². The van der Waals surface area contributed by atoms with E-state index < -0.39 is 45.6 Å². The number of carbonyl (C=O) groups is 3. The molecule has 0 aromatic heterocycles. The minimum atomic E-state index is -3.79. The standard InChI is InChI=1S/C40H56N2O8S/c1-29-19-20-31(27-30(29)2)15-10-8-14-26-49-37(36(44)39(46)50-40(3,4)5)38(45)42(25-23-35(43)41-51(6,47)48)24-13-7-9-16-32-21-22-33-17-11-12-18-34(33)28-32/h11-12,17-22,27-28,36-37,44H,7-10,13-16,23-26H2,1-6H3,(H,41,43)/t36-,37-/m1/s1. The molecule has 0 bridgehead atoms. The minimum Gasteiger partial charge on any atom is -0.458 e. The van der Waals surface area contributed by atoms with Crippen molar-refractivity contribution in [1.82, 2.24) is 9.62 Å². The number of fused-ring (bicyclic) bond motifs is 1. The number of hydrogen-bond acceptors (Lipinski definition) is 8. The van der Waals surface area contributed by atoms with Crippen molar-refractivity contribution in [2.45, 2.75) is 110 Å². The van der Waals surface area contributed by atoms with Gasteiger partial charge < -0.3 is 19.5 Å². The molecular formula is C40H56N2O8S. The van der Waals surface area contributed by atoms with Crippen LogP contribution in [0.4, 0.5) is 0 Å². The summed E-state index contributed by atoms with van der Waals surface area (Å²) in [5.41, 5.74) is 4.05. The molecule has 3 aromatic rings. The van der Waals surface area contributed by atoms with Crippen molar-refractivity contribution in [3.63, 3.8) is 0 Å². The molecule has 2 amide bonds. The van der Waals surface area contributed by atoms with Crippen molar-refractivity contribution >= 4 is 38.6 Å². The van der Waals surface area contributed by atoms with E-state index in [9.17, 15) is 27.9 Å². The normalized spacial score (nSPS) is 13.1. The number of aryl methyl sites for hydroxylation is 4. The summed E-state index contributed by atoms with van der Waals surface area (Å²) in [4.78, 5) is 40.7. The van der Waals surface area contributed by atoms with Gasteiger partial charge in [0.1, 0.15) is 5.60 Å². The summed E-state index contributed by atoms with van der Waals surface area (Å²) in [6.45, 7) is 9.38. The van der Waals surface area contributed by atoms with Crippen LogP contribution in [-0.4, -0.2) is 80.0 Å². The number of nitrogens with zero attached hydrogens (tertiary/aromatic N) is 1. The van der Waals surface area contributed by atoms with Gasteiger partial charge in [0.05, 0.1) is 6.26 Å². The molecule has 51 heavy (non-hydrogen) atoms. The van der Waals surface area contributed by atoms with Crippen LogP contribution in [-0.2, 0) is 46.7 Å². The Labute approximate surface area is 304 Å². The lowest BCUT2D eigenvalue weighted by Gasteiger charge is -2.30. The number of aliphatic hydroxyl groups is 1. The number of sulfonamides is 1. The number of nitrogens with one attached hydrogen (secondary N) is 1. The third kappa shape index (κ3) is 15.1. The number of ether oxygens (including phenoxy) is 2. The fourth-order valence-corrected chi connectivity index (χ4v) is 6.29. The van der Waals surface area contributed by atoms with Gasteiger partial charge in [-0.1, -0.05) is 73.5 Å². The Hall–Kier alpha value is -3.80. The predicted molar refractivity (Wildman–Crippen MR) is 201 cm³/mol. The molecule has 0 aliphatic carbocycles. The van der Waals surface area contributed by atoms with Gasteiger partial charge in [0, 0.05) is 26.1 Å². The van der Waals surface area contributed by atoms with Gasteiger partial charge in [-0.3, -0.25) is 14.3 Å². The summed E-state index contributed by atoms with van der Waals surface area (Å²) in [6, 6.07) is 21.0. The Morgan fingerprint density at radius 2 is 1.43 bits per heavy atom. The van der Waals surface area contributed by atoms with Gasteiger partial charge in [0.2, 0.25) is 15.9 Å². The predicted octanol–water partition coefficient (Wildman–Crippen LogP) is 5.96. The molecular weight excluding hydrogens is 669 g/mol. The first-order valence-electron chi connectivity index (χ1n) is 17.9. The first kappa shape index (κ1) is 41.6. The first-order chi connectivity index (χ1) is 24.0. The van der Waals surface area contributed by atoms with E-state index in [-0.39, 0.29) is 26.1 Å². The SMILES string of the molecule is Cc1ccc(CCCCCO[C@@H](C(=O)N(CCCCCc2ccc3ccccc3c2)CCC(=O)NS(C)(=O)=O)[C@@H](O)C(=O)OC(C)(C)C)cc1C. The van der Waals surface area contributed by atoms with E-state index in [2.05, 4.69) is 62.4 Å². The van der Waals surface area contributed by atoms with Gasteiger partial charge in [-0.05, 0) is 106 Å². The monoisotopic (exact) mass is 724 g/mol. The third-order valence-corrected chi connectivity index (χ3v) is 9.18. The molecule has 0 saturated carbocycles. The van der Waals surface area contributed by atoms with E-state index in [1.165, 1.54) is 37.9 Å². The molecule has 280 valence electrons. The zero-order valence-electron chi connectivity index (χ0n) is 31.1. The molecule has 0 fully saturated rings. The summed E-state index contributed by atoms with van der Waals surface area (Å²) in [7, 11) is -3.79. The maximum absolute atomic E-state index is 14.0. The van der Waals surface area contributed by atoms with Gasteiger partial charge in [-0.15, -0.1) is 0 Å². The zero-order chi connectivity index (χ0) is 37.6. The average Bonchev–Trinajstić information content (AvgIpc) is 3.05. The molecule has 2 N–H and O–H groups in total. The molecule has 10 nitrogen and oxygen atoms in total. The fourth-order valence-electron chi connectivity index (χ4n) is 5.77.